The van der Waals surface area contributed by atoms with Gasteiger partial charge in [0.1, 0.15) is 24.2 Å². The second kappa shape index (κ2) is 20.9. The number of hydrogen-bond donors (Lipinski definition) is 2. The van der Waals surface area contributed by atoms with Crippen LogP contribution in [-0.4, -0.2) is 121 Å². The van der Waals surface area contributed by atoms with Gasteiger partial charge in [-0.1, -0.05) is 66.7 Å². The van der Waals surface area contributed by atoms with Crippen LogP contribution in [0, 0.1) is 0 Å². The number of pyridine rings is 1. The van der Waals surface area contributed by atoms with Gasteiger partial charge in [0.05, 0.1) is 44.7 Å². The van der Waals surface area contributed by atoms with Gasteiger partial charge in [0.2, 0.25) is 0 Å². The summed E-state index contributed by atoms with van der Waals surface area (Å²) in [5.74, 6) is 1.42. The minimum atomic E-state index is -0.637. The molecule has 1 aliphatic heterocycles. The lowest BCUT2D eigenvalue weighted by atomic mass is 10.0. The molecule has 1 saturated heterocycles. The number of nitrogens with one attached hydrogen (secondary N) is 1. The largest absolute Gasteiger partial charge is 0.493 e. The van der Waals surface area contributed by atoms with Crippen molar-refractivity contribution in [3.8, 4) is 33.8 Å². The predicted octanol–water partition coefficient (Wildman–Crippen LogP) is 6.42. The quantitative estimate of drug-likeness (QED) is 0.0784. The number of aromatic nitrogens is 4. The van der Waals surface area contributed by atoms with E-state index in [1.165, 1.54) is 11.3 Å². The maximum absolute atomic E-state index is 10.4. The molecule has 1 fully saturated rings. The van der Waals surface area contributed by atoms with E-state index in [0.717, 1.165) is 83.7 Å². The smallest absolute Gasteiger partial charge is 0.162 e. The van der Waals surface area contributed by atoms with E-state index in [9.17, 15) is 5.11 Å². The fourth-order valence-corrected chi connectivity index (χ4v) is 7.41. The summed E-state index contributed by atoms with van der Waals surface area (Å²) in [6.07, 6.45) is 7.89. The second-order valence-corrected chi connectivity index (χ2v) is 14.9. The molecule has 3 aromatic heterocycles. The van der Waals surface area contributed by atoms with Crippen LogP contribution in [0.15, 0.2) is 134 Å². The molecule has 2 N–H and O–H groups in total. The number of ether oxygens (including phenoxy) is 4. The summed E-state index contributed by atoms with van der Waals surface area (Å²) in [5, 5.41) is 19.3. The molecule has 0 amide bonds. The molecule has 310 valence electrons. The number of anilines is 1. The zero-order chi connectivity index (χ0) is 40.8. The van der Waals surface area contributed by atoms with E-state index >= 15 is 0 Å². The highest BCUT2D eigenvalue weighted by Gasteiger charge is 2.18. The van der Waals surface area contributed by atoms with Crippen molar-refractivity contribution in [2.75, 3.05) is 90.4 Å². The summed E-state index contributed by atoms with van der Waals surface area (Å²) in [6.45, 7) is 9.00. The van der Waals surface area contributed by atoms with Gasteiger partial charge in [-0.05, 0) is 53.1 Å². The molecule has 0 radical (unpaired) electrons. The van der Waals surface area contributed by atoms with E-state index in [1.54, 1.807) is 0 Å². The Morgan fingerprint density at radius 1 is 0.683 bits per heavy atom. The maximum atomic E-state index is 10.4. The average Bonchev–Trinajstić information content (AvgIpc) is 3.73. The van der Waals surface area contributed by atoms with Crippen molar-refractivity contribution in [2.24, 2.45) is 0 Å². The molecule has 0 saturated carbocycles. The van der Waals surface area contributed by atoms with Gasteiger partial charge in [-0.25, -0.2) is 9.50 Å². The fourth-order valence-electron chi connectivity index (χ4n) is 7.41. The van der Waals surface area contributed by atoms with Crippen LogP contribution in [0.5, 0.6) is 11.5 Å². The summed E-state index contributed by atoms with van der Waals surface area (Å²) in [5.41, 5.74) is 8.44. The van der Waals surface area contributed by atoms with E-state index in [-0.39, 0.29) is 6.61 Å². The van der Waals surface area contributed by atoms with Gasteiger partial charge in [-0.3, -0.25) is 9.88 Å². The van der Waals surface area contributed by atoms with Crippen LogP contribution in [0.1, 0.15) is 5.56 Å². The SMILES string of the molecule is O[C@H](CNCCOCCOCCN1CCN(c2ccc(-c3cnc4c(-c5cccc6ncccc56)cnn4c3)cc2)CC1)COc1cccc(OCCc2ccccc2)c1. The zero-order valence-electron chi connectivity index (χ0n) is 33.9. The Morgan fingerprint density at radius 3 is 2.33 bits per heavy atom. The zero-order valence-corrected chi connectivity index (χ0v) is 33.9. The molecule has 1 atom stereocenters. The van der Waals surface area contributed by atoms with Gasteiger partial charge in [0, 0.05) is 99.1 Å². The average molecular weight is 808 g/mol. The van der Waals surface area contributed by atoms with E-state index in [1.807, 2.05) is 90.0 Å². The first kappa shape index (κ1) is 40.9. The molecule has 1 aliphatic rings. The topological polar surface area (TPSA) is 119 Å². The van der Waals surface area contributed by atoms with E-state index in [2.05, 4.69) is 73.7 Å². The highest BCUT2D eigenvalue weighted by Crippen LogP contribution is 2.31. The molecule has 0 unspecified atom stereocenters. The normalized spacial score (nSPS) is 13.8. The fraction of sp³-hybridized carbons (Fsp3) is 0.312. The van der Waals surface area contributed by atoms with Crippen molar-refractivity contribution in [1.29, 1.82) is 0 Å². The van der Waals surface area contributed by atoms with Crippen molar-refractivity contribution in [1.82, 2.24) is 29.8 Å². The third-order valence-electron chi connectivity index (χ3n) is 10.7. The number of aliphatic hydroxyl groups excluding tert-OH is 1. The van der Waals surface area contributed by atoms with Gasteiger partial charge in [-0.15, -0.1) is 0 Å². The van der Waals surface area contributed by atoms with Crippen LogP contribution < -0.4 is 19.7 Å². The molecule has 4 aromatic carbocycles. The number of piperazine rings is 1. The molecule has 0 aliphatic carbocycles. The third-order valence-corrected chi connectivity index (χ3v) is 10.7. The van der Waals surface area contributed by atoms with E-state index in [0.29, 0.717) is 51.9 Å². The molecule has 8 rings (SSSR count). The number of aliphatic hydroxyl groups is 1. The Labute approximate surface area is 351 Å². The highest BCUT2D eigenvalue weighted by molar-refractivity contribution is 5.97. The molecule has 60 heavy (non-hydrogen) atoms. The molecule has 12 nitrogen and oxygen atoms in total. The van der Waals surface area contributed by atoms with Crippen molar-refractivity contribution >= 4 is 22.2 Å². The van der Waals surface area contributed by atoms with Gasteiger partial charge in [0.25, 0.3) is 0 Å². The lowest BCUT2D eigenvalue weighted by molar-refractivity contribution is 0.0377. The van der Waals surface area contributed by atoms with Crippen molar-refractivity contribution in [3.05, 3.63) is 140 Å². The molecule has 12 heteroatoms. The number of benzene rings is 4. The Bertz CT molecular complexity index is 2380. The van der Waals surface area contributed by atoms with E-state index < -0.39 is 6.10 Å². The lowest BCUT2D eigenvalue weighted by Crippen LogP contribution is -2.47. The van der Waals surface area contributed by atoms with Gasteiger partial charge >= 0.3 is 0 Å². The number of fused-ring (bicyclic) bond motifs is 2. The maximum Gasteiger partial charge on any atom is 0.162 e. The molecule has 0 bridgehead atoms. The van der Waals surface area contributed by atoms with Crippen molar-refractivity contribution in [2.45, 2.75) is 12.5 Å². The van der Waals surface area contributed by atoms with Crippen molar-refractivity contribution in [3.63, 3.8) is 0 Å². The van der Waals surface area contributed by atoms with Gasteiger partial charge in [-0.2, -0.15) is 5.10 Å². The highest BCUT2D eigenvalue weighted by atomic mass is 16.5. The van der Waals surface area contributed by atoms with Gasteiger partial charge < -0.3 is 34.3 Å². The summed E-state index contributed by atoms with van der Waals surface area (Å²) < 4.78 is 25.1. The Morgan fingerprint density at radius 2 is 1.48 bits per heavy atom. The lowest BCUT2D eigenvalue weighted by Gasteiger charge is -2.36. The summed E-state index contributed by atoms with van der Waals surface area (Å²) in [4.78, 5) is 14.2. The summed E-state index contributed by atoms with van der Waals surface area (Å²) >= 11 is 0. The van der Waals surface area contributed by atoms with Gasteiger partial charge in [0.15, 0.2) is 5.65 Å². The van der Waals surface area contributed by atoms with Crippen LogP contribution in [-0.2, 0) is 15.9 Å². The van der Waals surface area contributed by atoms with Crippen LogP contribution >= 0.6 is 0 Å². The van der Waals surface area contributed by atoms with Crippen LogP contribution in [0.4, 0.5) is 5.69 Å². The molecule has 4 heterocycles. The van der Waals surface area contributed by atoms with Crippen LogP contribution in [0.2, 0.25) is 0 Å². The standard InChI is InChI=1S/C48H53N7O5/c56-41(36-60-43-10-4-9-42(31-43)59-26-18-37-7-2-1-3-8-37)33-49-20-27-57-29-30-58-28-25-53-21-23-54(24-22-53)40-16-14-38(15-17-40)39-32-51-48-46(34-52-55(48)35-39)44-11-5-13-47-45(44)12-6-19-50-47/h1-17,19,31-32,34-35,41,49,56H,18,20-30,33,36H2/t41-/m1/s1. The van der Waals surface area contributed by atoms with Crippen LogP contribution in [0.25, 0.3) is 38.8 Å². The number of rotatable bonds is 21. The first-order chi connectivity index (χ1) is 29.7. The molecular formula is C48H53N7O5. The number of hydrogen-bond acceptors (Lipinski definition) is 11. The minimum Gasteiger partial charge on any atom is -0.493 e. The number of nitrogens with zero attached hydrogens (tertiary/aromatic N) is 6. The Kier molecular flexibility index (Phi) is 14.2. The molecule has 0 spiro atoms. The first-order valence-electron chi connectivity index (χ1n) is 20.9. The van der Waals surface area contributed by atoms with Crippen molar-refractivity contribution < 1.29 is 24.1 Å². The molecular weight excluding hydrogens is 755 g/mol. The minimum absolute atomic E-state index is 0.189. The Hall–Kier alpha value is -5.89. The summed E-state index contributed by atoms with van der Waals surface area (Å²) in [6, 6.07) is 36.7. The monoisotopic (exact) mass is 807 g/mol. The summed E-state index contributed by atoms with van der Waals surface area (Å²) in [7, 11) is 0. The third kappa shape index (κ3) is 11.0. The van der Waals surface area contributed by atoms with E-state index in [4.69, 9.17) is 23.9 Å². The first-order valence-corrected chi connectivity index (χ1v) is 20.9. The molecule has 7 aromatic rings. The predicted molar refractivity (Wildman–Crippen MR) is 236 cm³/mol. The Balaban J connectivity index is 0.662. The van der Waals surface area contributed by atoms with Crippen LogP contribution in [0.3, 0.4) is 0 Å². The second-order valence-electron chi connectivity index (χ2n) is 14.9.